The lowest BCUT2D eigenvalue weighted by Crippen LogP contribution is -2.46. The number of nitrogens with zero attached hydrogens (tertiary/aromatic N) is 3. The van der Waals surface area contributed by atoms with Gasteiger partial charge in [-0.15, -0.1) is 11.3 Å². The Balaban J connectivity index is 1.39. The number of carbonyl (C=O) groups excluding carboxylic acids is 1. The molecule has 1 saturated heterocycles. The number of piperazine rings is 1. The minimum absolute atomic E-state index is 0.0286. The third kappa shape index (κ3) is 5.72. The van der Waals surface area contributed by atoms with Gasteiger partial charge >= 0.3 is 0 Å². The SMILES string of the molecule is CC(C)(C)S(=O)(=O)Nc1cccc(-c2csc3cnc(Nc4ccc(C(=O)N5CCNCC5)c(F)c4)nc23)c1. The Labute approximate surface area is 230 Å². The van der Waals surface area contributed by atoms with Gasteiger partial charge in [0.1, 0.15) is 5.82 Å². The van der Waals surface area contributed by atoms with E-state index in [1.54, 1.807) is 56.1 Å². The molecule has 0 bridgehead atoms. The lowest BCUT2D eigenvalue weighted by atomic mass is 10.1. The van der Waals surface area contributed by atoms with Crippen molar-refractivity contribution < 1.29 is 17.6 Å². The third-order valence-corrected chi connectivity index (χ3v) is 9.43. The Bertz CT molecular complexity index is 1640. The van der Waals surface area contributed by atoms with Crippen molar-refractivity contribution in [2.24, 2.45) is 0 Å². The molecule has 0 aliphatic carbocycles. The molecule has 3 N–H and O–H groups in total. The first-order chi connectivity index (χ1) is 18.5. The molecule has 39 heavy (non-hydrogen) atoms. The van der Waals surface area contributed by atoms with E-state index in [1.165, 1.54) is 23.5 Å². The van der Waals surface area contributed by atoms with Crippen molar-refractivity contribution in [2.75, 3.05) is 36.2 Å². The van der Waals surface area contributed by atoms with Gasteiger partial charge in [0.05, 0.1) is 26.7 Å². The highest BCUT2D eigenvalue weighted by Gasteiger charge is 2.29. The lowest BCUT2D eigenvalue weighted by Gasteiger charge is -2.27. The molecule has 3 heterocycles. The van der Waals surface area contributed by atoms with E-state index in [9.17, 15) is 17.6 Å². The highest BCUT2D eigenvalue weighted by Crippen LogP contribution is 2.35. The van der Waals surface area contributed by atoms with Gasteiger partial charge in [0.25, 0.3) is 5.91 Å². The van der Waals surface area contributed by atoms with E-state index in [4.69, 9.17) is 0 Å². The number of thiophene rings is 1. The van der Waals surface area contributed by atoms with Gasteiger partial charge in [-0.3, -0.25) is 9.52 Å². The first-order valence-corrected chi connectivity index (χ1v) is 14.8. The minimum atomic E-state index is -3.58. The molecule has 0 saturated carbocycles. The summed E-state index contributed by atoms with van der Waals surface area (Å²) < 4.78 is 42.7. The monoisotopic (exact) mass is 568 g/mol. The zero-order chi connectivity index (χ0) is 27.8. The fraction of sp³-hybridized carbons (Fsp3) is 0.296. The van der Waals surface area contributed by atoms with Crippen LogP contribution in [0.25, 0.3) is 21.3 Å². The average Bonchev–Trinajstić information content (AvgIpc) is 3.31. The molecule has 204 valence electrons. The molecule has 0 unspecified atom stereocenters. The van der Waals surface area contributed by atoms with E-state index in [0.29, 0.717) is 43.1 Å². The van der Waals surface area contributed by atoms with E-state index in [2.05, 4.69) is 25.3 Å². The average molecular weight is 569 g/mol. The van der Waals surface area contributed by atoms with E-state index in [0.717, 1.165) is 15.8 Å². The number of hydrogen-bond donors (Lipinski definition) is 3. The summed E-state index contributed by atoms with van der Waals surface area (Å²) in [5.41, 5.74) is 3.20. The van der Waals surface area contributed by atoms with Crippen molar-refractivity contribution in [1.82, 2.24) is 20.2 Å². The van der Waals surface area contributed by atoms with E-state index in [-0.39, 0.29) is 17.4 Å². The van der Waals surface area contributed by atoms with Gasteiger partial charge in [0.15, 0.2) is 0 Å². The van der Waals surface area contributed by atoms with Gasteiger partial charge < -0.3 is 15.5 Å². The number of nitrogens with one attached hydrogen (secondary N) is 3. The molecule has 9 nitrogen and oxygen atoms in total. The Morgan fingerprint density at radius 1 is 1.10 bits per heavy atom. The van der Waals surface area contributed by atoms with Crippen LogP contribution in [0.2, 0.25) is 0 Å². The summed E-state index contributed by atoms with van der Waals surface area (Å²) in [4.78, 5) is 23.4. The molecule has 2 aromatic carbocycles. The molecule has 0 radical (unpaired) electrons. The zero-order valence-electron chi connectivity index (χ0n) is 21.8. The normalized spacial score (nSPS) is 14.4. The van der Waals surface area contributed by atoms with Crippen LogP contribution in [0.1, 0.15) is 31.1 Å². The van der Waals surface area contributed by atoms with Crippen LogP contribution in [0.5, 0.6) is 0 Å². The van der Waals surface area contributed by atoms with Gasteiger partial charge in [0, 0.05) is 48.5 Å². The number of halogens is 1. The second kappa shape index (κ2) is 10.5. The van der Waals surface area contributed by atoms with Crippen LogP contribution in [-0.2, 0) is 10.0 Å². The smallest absolute Gasteiger partial charge is 0.256 e. The van der Waals surface area contributed by atoms with Gasteiger partial charge in [-0.05, 0) is 56.7 Å². The summed E-state index contributed by atoms with van der Waals surface area (Å²) in [5.74, 6) is -0.671. The van der Waals surface area contributed by atoms with E-state index >= 15 is 0 Å². The lowest BCUT2D eigenvalue weighted by molar-refractivity contribution is 0.0731. The fourth-order valence-corrected chi connectivity index (χ4v) is 5.70. The number of sulfonamides is 1. The maximum absolute atomic E-state index is 14.9. The van der Waals surface area contributed by atoms with Crippen molar-refractivity contribution in [3.8, 4) is 11.1 Å². The number of hydrogen-bond acceptors (Lipinski definition) is 8. The van der Waals surface area contributed by atoms with Crippen LogP contribution >= 0.6 is 11.3 Å². The standard InChI is InChI=1S/C27H29FN6O3S2/c1-27(2,3)39(36,37)33-19-6-4-5-17(13-19)21-16-38-23-15-30-26(32-24(21)23)31-18-7-8-20(22(28)14-18)25(35)34-11-9-29-10-12-34/h4-8,13-16,29,33H,9-12H2,1-3H3,(H,30,31,32). The molecule has 0 spiro atoms. The molecule has 2 aromatic heterocycles. The highest BCUT2D eigenvalue weighted by molar-refractivity contribution is 7.94. The largest absolute Gasteiger partial charge is 0.336 e. The van der Waals surface area contributed by atoms with Crippen LogP contribution in [0.3, 0.4) is 0 Å². The number of rotatable bonds is 6. The predicted octanol–water partition coefficient (Wildman–Crippen LogP) is 4.83. The highest BCUT2D eigenvalue weighted by atomic mass is 32.2. The minimum Gasteiger partial charge on any atom is -0.336 e. The predicted molar refractivity (Wildman–Crippen MR) is 154 cm³/mol. The Hall–Kier alpha value is -3.61. The summed E-state index contributed by atoms with van der Waals surface area (Å²) >= 11 is 1.47. The molecule has 12 heteroatoms. The number of aromatic nitrogens is 2. The Morgan fingerprint density at radius 2 is 1.87 bits per heavy atom. The number of benzene rings is 2. The molecule has 0 atom stereocenters. The van der Waals surface area contributed by atoms with Crippen LogP contribution in [0.4, 0.5) is 21.7 Å². The summed E-state index contributed by atoms with van der Waals surface area (Å²) in [6.45, 7) is 7.38. The van der Waals surface area contributed by atoms with Crippen LogP contribution < -0.4 is 15.4 Å². The van der Waals surface area contributed by atoms with Crippen molar-refractivity contribution in [1.29, 1.82) is 0 Å². The van der Waals surface area contributed by atoms with Crippen LogP contribution in [0.15, 0.2) is 54.0 Å². The summed E-state index contributed by atoms with van der Waals surface area (Å²) in [5, 5.41) is 8.14. The summed E-state index contributed by atoms with van der Waals surface area (Å²) in [7, 11) is -3.58. The Kier molecular flexibility index (Phi) is 7.27. The summed E-state index contributed by atoms with van der Waals surface area (Å²) in [6, 6.07) is 11.5. The number of fused-ring (bicyclic) bond motifs is 1. The fourth-order valence-electron chi connectivity index (χ4n) is 4.09. The van der Waals surface area contributed by atoms with Gasteiger partial charge in [-0.1, -0.05) is 12.1 Å². The molecular formula is C27H29FN6O3S2. The first-order valence-electron chi connectivity index (χ1n) is 12.5. The molecule has 1 aliphatic heterocycles. The first kappa shape index (κ1) is 27.0. The van der Waals surface area contributed by atoms with Crippen molar-refractivity contribution in [3.05, 3.63) is 65.4 Å². The topological polar surface area (TPSA) is 116 Å². The third-order valence-electron chi connectivity index (χ3n) is 6.41. The number of amides is 1. The second-order valence-corrected chi connectivity index (χ2v) is 13.6. The molecule has 5 rings (SSSR count). The molecule has 1 aliphatic rings. The molecule has 4 aromatic rings. The van der Waals surface area contributed by atoms with Gasteiger partial charge in [-0.25, -0.2) is 22.8 Å². The van der Waals surface area contributed by atoms with Gasteiger partial charge in [-0.2, -0.15) is 0 Å². The van der Waals surface area contributed by atoms with Crippen molar-refractivity contribution in [2.45, 2.75) is 25.5 Å². The maximum Gasteiger partial charge on any atom is 0.256 e. The van der Waals surface area contributed by atoms with Crippen molar-refractivity contribution >= 4 is 54.8 Å². The molecular weight excluding hydrogens is 539 g/mol. The zero-order valence-corrected chi connectivity index (χ0v) is 23.4. The number of carbonyl (C=O) groups is 1. The Morgan fingerprint density at radius 3 is 2.59 bits per heavy atom. The van der Waals surface area contributed by atoms with Gasteiger partial charge in [0.2, 0.25) is 16.0 Å². The van der Waals surface area contributed by atoms with Crippen molar-refractivity contribution in [3.63, 3.8) is 0 Å². The second-order valence-electron chi connectivity index (χ2n) is 10.2. The molecule has 1 fully saturated rings. The molecule has 1 amide bonds. The quantitative estimate of drug-likeness (QED) is 0.305. The summed E-state index contributed by atoms with van der Waals surface area (Å²) in [6.07, 6.45) is 1.68. The van der Waals surface area contributed by atoms with Crippen LogP contribution in [0, 0.1) is 5.82 Å². The van der Waals surface area contributed by atoms with E-state index in [1.807, 2.05) is 11.4 Å². The van der Waals surface area contributed by atoms with Crippen LogP contribution in [-0.4, -0.2) is 60.1 Å². The number of anilines is 3. The maximum atomic E-state index is 14.9. The van der Waals surface area contributed by atoms with E-state index < -0.39 is 20.6 Å².